The lowest BCUT2D eigenvalue weighted by Crippen LogP contribution is -2.10. The predicted octanol–water partition coefficient (Wildman–Crippen LogP) is 3.28. The van der Waals surface area contributed by atoms with Gasteiger partial charge in [0.05, 0.1) is 6.61 Å². The quantitative estimate of drug-likeness (QED) is 0.885. The molecule has 1 aliphatic rings. The number of nitrogens with one attached hydrogen (secondary N) is 1. The zero-order chi connectivity index (χ0) is 14.3. The van der Waals surface area contributed by atoms with E-state index in [-0.39, 0.29) is 0 Å². The normalized spacial score (nSPS) is 20.1. The minimum atomic E-state index is 0.394. The summed E-state index contributed by atoms with van der Waals surface area (Å²) < 4.78 is 5.44. The maximum absolute atomic E-state index is 5.44. The largest absolute Gasteiger partial charge is 0.478 e. The Kier molecular flexibility index (Phi) is 3.45. The Balaban J connectivity index is 2.01. The fraction of sp³-hybridized carbons (Fsp3) is 0.733. The molecule has 0 saturated heterocycles. The topological polar surface area (TPSA) is 47.0 Å². The van der Waals surface area contributed by atoms with Gasteiger partial charge in [-0.25, -0.2) is 4.98 Å². The van der Waals surface area contributed by atoms with Crippen molar-refractivity contribution in [3.63, 3.8) is 0 Å². The third-order valence-corrected chi connectivity index (χ3v) is 4.91. The minimum Gasteiger partial charge on any atom is -0.478 e. The molecule has 2 rings (SSSR count). The van der Waals surface area contributed by atoms with Gasteiger partial charge in [0.15, 0.2) is 0 Å². The summed E-state index contributed by atoms with van der Waals surface area (Å²) in [6.45, 7) is 14.7. The van der Waals surface area contributed by atoms with Crippen LogP contribution in [-0.2, 0) is 0 Å². The first kappa shape index (κ1) is 14.1. The molecule has 4 heteroatoms. The lowest BCUT2D eigenvalue weighted by Gasteiger charge is -2.09. The highest BCUT2D eigenvalue weighted by atomic mass is 16.5. The average molecular weight is 263 g/mol. The van der Waals surface area contributed by atoms with E-state index in [1.807, 2.05) is 19.9 Å². The highest BCUT2D eigenvalue weighted by Crippen LogP contribution is 2.68. The summed E-state index contributed by atoms with van der Waals surface area (Å²) in [5, 5.41) is 3.43. The second-order valence-electron chi connectivity index (χ2n) is 6.45. The van der Waals surface area contributed by atoms with Gasteiger partial charge in [-0.1, -0.05) is 27.7 Å². The Morgan fingerprint density at radius 1 is 1.21 bits per heavy atom. The number of rotatable bonds is 5. The number of anilines is 1. The summed E-state index contributed by atoms with van der Waals surface area (Å²) in [7, 11) is 0. The molecule has 1 aliphatic carbocycles. The van der Waals surface area contributed by atoms with Crippen LogP contribution in [0.25, 0.3) is 0 Å². The van der Waals surface area contributed by atoms with Gasteiger partial charge in [0, 0.05) is 12.6 Å². The first-order chi connectivity index (χ1) is 8.79. The molecular formula is C15H25N3O. The molecule has 0 atom stereocenters. The van der Waals surface area contributed by atoms with Crippen molar-refractivity contribution in [2.75, 3.05) is 18.5 Å². The highest BCUT2D eigenvalue weighted by Gasteiger charge is 2.64. The van der Waals surface area contributed by atoms with E-state index in [9.17, 15) is 0 Å². The second kappa shape index (κ2) is 4.66. The van der Waals surface area contributed by atoms with Crippen LogP contribution in [-0.4, -0.2) is 23.1 Å². The fourth-order valence-electron chi connectivity index (χ4n) is 2.90. The Bertz CT molecular complexity index is 454. The minimum absolute atomic E-state index is 0.394. The van der Waals surface area contributed by atoms with Crippen LogP contribution in [0.15, 0.2) is 6.07 Å². The van der Waals surface area contributed by atoms with E-state index in [0.29, 0.717) is 29.2 Å². The van der Waals surface area contributed by atoms with E-state index in [2.05, 4.69) is 43.0 Å². The van der Waals surface area contributed by atoms with Gasteiger partial charge in [0.2, 0.25) is 5.88 Å². The van der Waals surface area contributed by atoms with Crippen molar-refractivity contribution < 1.29 is 4.74 Å². The van der Waals surface area contributed by atoms with Crippen molar-refractivity contribution in [2.45, 2.75) is 41.5 Å². The molecule has 1 aromatic rings. The number of aromatic nitrogens is 2. The van der Waals surface area contributed by atoms with E-state index in [1.54, 1.807) is 0 Å². The second-order valence-corrected chi connectivity index (χ2v) is 6.45. The van der Waals surface area contributed by atoms with Crippen LogP contribution in [0.2, 0.25) is 0 Å². The van der Waals surface area contributed by atoms with E-state index in [1.165, 1.54) is 0 Å². The zero-order valence-electron chi connectivity index (χ0n) is 12.9. The Morgan fingerprint density at radius 2 is 1.84 bits per heavy atom. The smallest absolute Gasteiger partial charge is 0.218 e. The third kappa shape index (κ3) is 2.53. The van der Waals surface area contributed by atoms with Gasteiger partial charge < -0.3 is 10.1 Å². The first-order valence-electron chi connectivity index (χ1n) is 7.01. The molecule has 1 aromatic heterocycles. The van der Waals surface area contributed by atoms with Gasteiger partial charge in [0.1, 0.15) is 11.6 Å². The number of aryl methyl sites for hydroxylation is 1. The summed E-state index contributed by atoms with van der Waals surface area (Å²) in [5.41, 5.74) is 0.787. The third-order valence-electron chi connectivity index (χ3n) is 4.91. The Hall–Kier alpha value is -1.32. The van der Waals surface area contributed by atoms with Crippen molar-refractivity contribution in [1.29, 1.82) is 0 Å². The highest BCUT2D eigenvalue weighted by molar-refractivity contribution is 5.39. The molecule has 0 aromatic carbocycles. The standard InChI is InChI=1S/C15H25N3O/c1-7-19-13-8-12(17-10(2)18-13)16-9-11-14(3,4)15(11,5)6/h8,11H,7,9H2,1-6H3,(H,16,17,18). The SMILES string of the molecule is CCOc1cc(NCC2C(C)(C)C2(C)C)nc(C)n1. The molecule has 1 N–H and O–H groups in total. The van der Waals surface area contributed by atoms with Crippen molar-refractivity contribution in [3.05, 3.63) is 11.9 Å². The maximum Gasteiger partial charge on any atom is 0.218 e. The number of nitrogens with zero attached hydrogens (tertiary/aromatic N) is 2. The van der Waals surface area contributed by atoms with E-state index in [0.717, 1.165) is 18.2 Å². The molecule has 106 valence electrons. The molecule has 0 spiro atoms. The Labute approximate surface area is 116 Å². The lowest BCUT2D eigenvalue weighted by molar-refractivity contribution is 0.325. The maximum atomic E-state index is 5.44. The Morgan fingerprint density at radius 3 is 2.37 bits per heavy atom. The molecule has 0 aliphatic heterocycles. The summed E-state index contributed by atoms with van der Waals surface area (Å²) in [5.74, 6) is 2.91. The number of ether oxygens (including phenoxy) is 1. The van der Waals surface area contributed by atoms with E-state index in [4.69, 9.17) is 4.74 Å². The van der Waals surface area contributed by atoms with Gasteiger partial charge >= 0.3 is 0 Å². The molecule has 1 saturated carbocycles. The number of hydrogen-bond acceptors (Lipinski definition) is 4. The van der Waals surface area contributed by atoms with Crippen LogP contribution in [0.1, 0.15) is 40.4 Å². The summed E-state index contributed by atoms with van der Waals surface area (Å²) >= 11 is 0. The summed E-state index contributed by atoms with van der Waals surface area (Å²) in [6.07, 6.45) is 0. The summed E-state index contributed by atoms with van der Waals surface area (Å²) in [6, 6.07) is 1.87. The van der Waals surface area contributed by atoms with Gasteiger partial charge in [-0.05, 0) is 30.6 Å². The predicted molar refractivity (Wildman–Crippen MR) is 77.5 cm³/mol. The molecule has 1 fully saturated rings. The zero-order valence-corrected chi connectivity index (χ0v) is 12.9. The van der Waals surface area contributed by atoms with E-state index >= 15 is 0 Å². The molecule has 0 bridgehead atoms. The molecule has 0 unspecified atom stereocenters. The van der Waals surface area contributed by atoms with E-state index < -0.39 is 0 Å². The van der Waals surface area contributed by atoms with Gasteiger partial charge in [-0.3, -0.25) is 0 Å². The average Bonchev–Trinajstić information content (AvgIpc) is 2.66. The summed E-state index contributed by atoms with van der Waals surface area (Å²) in [4.78, 5) is 8.66. The van der Waals surface area contributed by atoms with Crippen LogP contribution >= 0.6 is 0 Å². The van der Waals surface area contributed by atoms with Crippen molar-refractivity contribution in [1.82, 2.24) is 9.97 Å². The van der Waals surface area contributed by atoms with Crippen LogP contribution in [0.4, 0.5) is 5.82 Å². The van der Waals surface area contributed by atoms with Crippen molar-refractivity contribution in [2.24, 2.45) is 16.7 Å². The van der Waals surface area contributed by atoms with Crippen LogP contribution in [0.3, 0.4) is 0 Å². The fourth-order valence-corrected chi connectivity index (χ4v) is 2.90. The van der Waals surface area contributed by atoms with Gasteiger partial charge in [-0.2, -0.15) is 4.98 Å². The van der Waals surface area contributed by atoms with Crippen LogP contribution < -0.4 is 10.1 Å². The molecule has 0 amide bonds. The molecule has 1 heterocycles. The van der Waals surface area contributed by atoms with Gasteiger partial charge in [-0.15, -0.1) is 0 Å². The molecule has 19 heavy (non-hydrogen) atoms. The lowest BCUT2D eigenvalue weighted by atomic mass is 10.0. The van der Waals surface area contributed by atoms with Crippen LogP contribution in [0.5, 0.6) is 5.88 Å². The monoisotopic (exact) mass is 263 g/mol. The molecule has 0 radical (unpaired) electrons. The van der Waals surface area contributed by atoms with Crippen molar-refractivity contribution in [3.8, 4) is 5.88 Å². The first-order valence-corrected chi connectivity index (χ1v) is 7.01. The van der Waals surface area contributed by atoms with Crippen molar-refractivity contribution >= 4 is 5.82 Å². The number of hydrogen-bond donors (Lipinski definition) is 1. The molecular weight excluding hydrogens is 238 g/mol. The van der Waals surface area contributed by atoms with Crippen LogP contribution in [0, 0.1) is 23.7 Å². The molecule has 4 nitrogen and oxygen atoms in total. The van der Waals surface area contributed by atoms with Gasteiger partial charge in [0.25, 0.3) is 0 Å².